The Kier molecular flexibility index (Phi) is 7.61. The van der Waals surface area contributed by atoms with Crippen molar-refractivity contribution < 1.29 is 39.9 Å². The van der Waals surface area contributed by atoms with E-state index in [1.165, 1.54) is 0 Å². The zero-order valence-corrected chi connectivity index (χ0v) is 17.8. The molecule has 4 atom stereocenters. The molecule has 9 heteroatoms. The second-order valence-electron chi connectivity index (χ2n) is 8.22. The molecule has 9 nitrogen and oxygen atoms in total. The number of carboxylic acid groups (broad SMARTS) is 2. The van der Waals surface area contributed by atoms with Crippen molar-refractivity contribution >= 4 is 22.7 Å². The Morgan fingerprint density at radius 2 is 1.55 bits per heavy atom. The standard InChI is InChI=1S/C18H23NO2.C4H6O6/c1-11(2)19-15-14-10-9-12-7-5-6-8-13(12)16(14)21-18(3,4)17(15)20;5-1(3(7)8)2(6)4(9)10/h5-11,15,17,19-20H,1-4H3;1-2,5-6H,(H,7,8)(H,9,10)/t15-,17+;/m0./s1. The smallest absolute Gasteiger partial charge is 0.335 e. The first-order chi connectivity index (χ1) is 14.4. The Bertz CT molecular complexity index is 924. The number of hydrogen-bond donors (Lipinski definition) is 6. The lowest BCUT2D eigenvalue weighted by molar-refractivity contribution is -0.165. The summed E-state index contributed by atoms with van der Waals surface area (Å²) in [5.74, 6) is -2.65. The molecule has 0 amide bonds. The van der Waals surface area contributed by atoms with Crippen LogP contribution in [0.15, 0.2) is 36.4 Å². The molecule has 170 valence electrons. The first-order valence-corrected chi connectivity index (χ1v) is 9.83. The van der Waals surface area contributed by atoms with E-state index in [4.69, 9.17) is 25.2 Å². The fourth-order valence-electron chi connectivity index (χ4n) is 3.32. The number of aliphatic hydroxyl groups is 3. The van der Waals surface area contributed by atoms with Crippen molar-refractivity contribution in [3.8, 4) is 5.75 Å². The minimum absolute atomic E-state index is 0.117. The van der Waals surface area contributed by atoms with Crippen LogP contribution in [0.5, 0.6) is 5.75 Å². The van der Waals surface area contributed by atoms with Gasteiger partial charge in [0.2, 0.25) is 0 Å². The van der Waals surface area contributed by atoms with Gasteiger partial charge in [-0.05, 0) is 19.2 Å². The largest absolute Gasteiger partial charge is 0.484 e. The minimum Gasteiger partial charge on any atom is -0.484 e. The number of fused-ring (bicyclic) bond motifs is 3. The van der Waals surface area contributed by atoms with Crippen LogP contribution < -0.4 is 10.1 Å². The third-order valence-corrected chi connectivity index (χ3v) is 4.96. The van der Waals surface area contributed by atoms with E-state index in [-0.39, 0.29) is 12.1 Å². The average Bonchev–Trinajstić information content (AvgIpc) is 2.70. The number of ether oxygens (including phenoxy) is 1. The molecular weight excluding hydrogens is 406 g/mol. The van der Waals surface area contributed by atoms with Crippen LogP contribution in [-0.2, 0) is 9.59 Å². The summed E-state index contributed by atoms with van der Waals surface area (Å²) in [5.41, 5.74) is 0.415. The predicted octanol–water partition coefficient (Wildman–Crippen LogP) is 1.29. The summed E-state index contributed by atoms with van der Waals surface area (Å²) < 4.78 is 6.17. The van der Waals surface area contributed by atoms with Crippen molar-refractivity contribution in [2.45, 2.75) is 63.7 Å². The predicted molar refractivity (Wildman–Crippen MR) is 113 cm³/mol. The number of aliphatic hydroxyl groups excluding tert-OH is 3. The van der Waals surface area contributed by atoms with E-state index in [1.807, 2.05) is 26.0 Å². The van der Waals surface area contributed by atoms with Crippen LogP contribution in [0, 0.1) is 0 Å². The van der Waals surface area contributed by atoms with Gasteiger partial charge >= 0.3 is 11.9 Å². The van der Waals surface area contributed by atoms with Crippen molar-refractivity contribution in [1.29, 1.82) is 0 Å². The first-order valence-electron chi connectivity index (χ1n) is 9.83. The molecule has 6 N–H and O–H groups in total. The second kappa shape index (κ2) is 9.61. The average molecular weight is 435 g/mol. The monoisotopic (exact) mass is 435 g/mol. The lowest BCUT2D eigenvalue weighted by atomic mass is 9.85. The highest BCUT2D eigenvalue weighted by Crippen LogP contribution is 2.43. The minimum atomic E-state index is -2.27. The van der Waals surface area contributed by atoms with Crippen molar-refractivity contribution in [3.05, 3.63) is 42.0 Å². The Hall–Kier alpha value is -2.72. The van der Waals surface area contributed by atoms with Gasteiger partial charge in [-0.15, -0.1) is 0 Å². The van der Waals surface area contributed by atoms with Crippen LogP contribution >= 0.6 is 0 Å². The maximum Gasteiger partial charge on any atom is 0.335 e. The topological polar surface area (TPSA) is 157 Å². The number of benzene rings is 2. The van der Waals surface area contributed by atoms with E-state index >= 15 is 0 Å². The maximum absolute atomic E-state index is 10.7. The van der Waals surface area contributed by atoms with Crippen molar-refractivity contribution in [2.75, 3.05) is 0 Å². The van der Waals surface area contributed by atoms with E-state index in [0.29, 0.717) is 0 Å². The molecule has 2 aromatic carbocycles. The summed E-state index contributed by atoms with van der Waals surface area (Å²) in [6, 6.07) is 12.5. The van der Waals surface area contributed by atoms with E-state index in [0.717, 1.165) is 22.1 Å². The summed E-state index contributed by atoms with van der Waals surface area (Å²) >= 11 is 0. The summed E-state index contributed by atoms with van der Waals surface area (Å²) in [7, 11) is 0. The van der Waals surface area contributed by atoms with Gasteiger partial charge in [0, 0.05) is 17.0 Å². The van der Waals surface area contributed by atoms with E-state index in [9.17, 15) is 14.7 Å². The molecule has 2 aromatic rings. The van der Waals surface area contributed by atoms with Gasteiger partial charge in [0.25, 0.3) is 0 Å². The molecule has 31 heavy (non-hydrogen) atoms. The van der Waals surface area contributed by atoms with Crippen LogP contribution in [-0.4, -0.2) is 67.4 Å². The van der Waals surface area contributed by atoms with Crippen LogP contribution in [0.3, 0.4) is 0 Å². The highest BCUT2D eigenvalue weighted by Gasteiger charge is 2.43. The molecule has 0 spiro atoms. The van der Waals surface area contributed by atoms with Crippen LogP contribution in [0.2, 0.25) is 0 Å². The van der Waals surface area contributed by atoms with E-state index in [2.05, 4.69) is 43.4 Å². The van der Waals surface area contributed by atoms with Gasteiger partial charge < -0.3 is 35.6 Å². The third kappa shape index (κ3) is 5.50. The highest BCUT2D eigenvalue weighted by molar-refractivity contribution is 5.90. The molecule has 0 fully saturated rings. The Morgan fingerprint density at radius 3 is 2.06 bits per heavy atom. The van der Waals surface area contributed by atoms with Crippen molar-refractivity contribution in [3.63, 3.8) is 0 Å². The summed E-state index contributed by atoms with van der Waals surface area (Å²) in [6.07, 6.45) is -5.12. The van der Waals surface area contributed by atoms with Crippen molar-refractivity contribution in [2.24, 2.45) is 0 Å². The molecule has 0 radical (unpaired) electrons. The molecule has 0 aliphatic carbocycles. The molecule has 0 aromatic heterocycles. The summed E-state index contributed by atoms with van der Waals surface area (Å²) in [6.45, 7) is 8.07. The van der Waals surface area contributed by atoms with Gasteiger partial charge in [0.05, 0.1) is 6.04 Å². The summed E-state index contributed by atoms with van der Waals surface area (Å²) in [5, 5.41) is 48.9. The fourth-order valence-corrected chi connectivity index (χ4v) is 3.32. The Labute approximate surface area is 179 Å². The van der Waals surface area contributed by atoms with Gasteiger partial charge in [-0.3, -0.25) is 0 Å². The molecule has 0 saturated heterocycles. The highest BCUT2D eigenvalue weighted by atomic mass is 16.5. The van der Waals surface area contributed by atoms with Gasteiger partial charge in [-0.1, -0.05) is 50.2 Å². The van der Waals surface area contributed by atoms with Crippen LogP contribution in [0.25, 0.3) is 10.8 Å². The second-order valence-corrected chi connectivity index (χ2v) is 8.22. The van der Waals surface area contributed by atoms with Gasteiger partial charge in [0.15, 0.2) is 12.2 Å². The summed E-state index contributed by atoms with van der Waals surface area (Å²) in [4.78, 5) is 19.5. The molecular formula is C22H29NO8. The first kappa shape index (κ1) is 24.5. The molecule has 1 aliphatic rings. The number of nitrogens with one attached hydrogen (secondary N) is 1. The molecule has 0 bridgehead atoms. The SMILES string of the molecule is CC(C)N[C@H]1c2ccc3ccccc3c2OC(C)(C)[C@@H]1O.O=C(O)C(O)C(O)C(=O)O. The van der Waals surface area contributed by atoms with E-state index < -0.39 is 35.9 Å². The van der Waals surface area contributed by atoms with E-state index in [1.54, 1.807) is 0 Å². The molecule has 0 saturated carbocycles. The molecule has 3 rings (SSSR count). The lowest BCUT2D eigenvalue weighted by Crippen LogP contribution is -2.53. The Morgan fingerprint density at radius 1 is 1.00 bits per heavy atom. The molecule has 1 aliphatic heterocycles. The van der Waals surface area contributed by atoms with Gasteiger partial charge in [0.1, 0.15) is 17.5 Å². The number of carboxylic acids is 2. The van der Waals surface area contributed by atoms with Crippen LogP contribution in [0.4, 0.5) is 0 Å². The normalized spacial score (nSPS) is 21.3. The fraction of sp³-hybridized carbons (Fsp3) is 0.455. The van der Waals surface area contributed by atoms with Crippen LogP contribution in [0.1, 0.15) is 39.3 Å². The quantitative estimate of drug-likeness (QED) is 0.407. The number of rotatable bonds is 5. The maximum atomic E-state index is 10.7. The molecule has 2 unspecified atom stereocenters. The van der Waals surface area contributed by atoms with Crippen molar-refractivity contribution in [1.82, 2.24) is 5.32 Å². The van der Waals surface area contributed by atoms with Gasteiger partial charge in [-0.25, -0.2) is 9.59 Å². The number of carbonyl (C=O) groups is 2. The molecule has 1 heterocycles. The Balaban J connectivity index is 0.000000291. The number of aliphatic carboxylic acids is 2. The third-order valence-electron chi connectivity index (χ3n) is 4.96. The zero-order chi connectivity index (χ0) is 23.5. The zero-order valence-electron chi connectivity index (χ0n) is 17.8. The van der Waals surface area contributed by atoms with Gasteiger partial charge in [-0.2, -0.15) is 0 Å². The number of hydrogen-bond acceptors (Lipinski definition) is 7. The lowest BCUT2D eigenvalue weighted by Gasteiger charge is -2.43.